The Kier molecular flexibility index (Phi) is 3.07. The van der Waals surface area contributed by atoms with E-state index in [0.29, 0.717) is 11.5 Å². The Hall–Kier alpha value is -2.18. The van der Waals surface area contributed by atoms with E-state index in [2.05, 4.69) is 9.97 Å². The predicted molar refractivity (Wildman–Crippen MR) is 75.2 cm³/mol. The van der Waals surface area contributed by atoms with Crippen LogP contribution in [0.25, 0.3) is 11.3 Å². The largest absolute Gasteiger partial charge is 0.478 e. The van der Waals surface area contributed by atoms with Crippen molar-refractivity contribution < 1.29 is 19.7 Å². The Morgan fingerprint density at radius 3 is 2.67 bits per heavy atom. The molecule has 0 unspecified atom stereocenters. The van der Waals surface area contributed by atoms with Crippen molar-refractivity contribution in [3.8, 4) is 11.3 Å². The smallest absolute Gasteiger partial charge is 0.335 e. The van der Waals surface area contributed by atoms with Gasteiger partial charge in [0, 0.05) is 11.3 Å². The number of H-pyrrole nitrogens is 1. The summed E-state index contributed by atoms with van der Waals surface area (Å²) >= 11 is 0. The van der Waals surface area contributed by atoms with Gasteiger partial charge < -0.3 is 19.9 Å². The summed E-state index contributed by atoms with van der Waals surface area (Å²) in [5.74, 6) is -0.517. The molecule has 0 bridgehead atoms. The Balaban J connectivity index is 2.08. The van der Waals surface area contributed by atoms with Crippen molar-refractivity contribution in [2.45, 2.75) is 19.4 Å². The van der Waals surface area contributed by atoms with Crippen molar-refractivity contribution >= 4 is 5.97 Å². The maximum Gasteiger partial charge on any atom is 0.335 e. The van der Waals surface area contributed by atoms with Crippen LogP contribution in [0.15, 0.2) is 18.2 Å². The van der Waals surface area contributed by atoms with E-state index in [1.54, 1.807) is 18.2 Å². The number of nitrogens with one attached hydrogen (secondary N) is 1. The fourth-order valence-corrected chi connectivity index (χ4v) is 2.39. The van der Waals surface area contributed by atoms with Gasteiger partial charge in [0.05, 0.1) is 24.5 Å². The molecule has 1 aliphatic heterocycles. The second kappa shape index (κ2) is 4.68. The molecule has 3 rings (SSSR count). The van der Waals surface area contributed by atoms with Gasteiger partial charge in [0.2, 0.25) is 0 Å². The molecule has 2 heterocycles. The molecule has 0 atom stereocenters. The van der Waals surface area contributed by atoms with Crippen LogP contribution in [-0.2, 0) is 10.3 Å². The molecule has 0 aliphatic carbocycles. The summed E-state index contributed by atoms with van der Waals surface area (Å²) in [6.07, 6.45) is 0. The molecule has 110 valence electrons. The van der Waals surface area contributed by atoms with E-state index in [1.807, 2.05) is 13.8 Å². The number of carbonyl (C=O) groups is 1. The highest BCUT2D eigenvalue weighted by atomic mass is 16.5. The molecule has 0 radical (unpaired) electrons. The van der Waals surface area contributed by atoms with Crippen molar-refractivity contribution in [3.05, 3.63) is 40.8 Å². The van der Waals surface area contributed by atoms with Gasteiger partial charge in [0.1, 0.15) is 5.82 Å². The van der Waals surface area contributed by atoms with E-state index < -0.39 is 11.6 Å². The van der Waals surface area contributed by atoms with Crippen molar-refractivity contribution in [3.63, 3.8) is 0 Å². The van der Waals surface area contributed by atoms with Crippen LogP contribution in [-0.4, -0.2) is 39.4 Å². The number of rotatable bonds is 3. The van der Waals surface area contributed by atoms with Crippen LogP contribution in [0, 0.1) is 13.8 Å². The number of carboxylic acid groups (broad SMARTS) is 1. The van der Waals surface area contributed by atoms with E-state index in [9.17, 15) is 9.90 Å². The van der Waals surface area contributed by atoms with E-state index in [4.69, 9.17) is 9.84 Å². The first-order valence-corrected chi connectivity index (χ1v) is 6.62. The van der Waals surface area contributed by atoms with Crippen molar-refractivity contribution in [1.82, 2.24) is 9.97 Å². The summed E-state index contributed by atoms with van der Waals surface area (Å²) in [7, 11) is 0. The van der Waals surface area contributed by atoms with Crippen LogP contribution in [0.5, 0.6) is 0 Å². The highest BCUT2D eigenvalue weighted by Crippen LogP contribution is 2.32. The van der Waals surface area contributed by atoms with Gasteiger partial charge in [-0.25, -0.2) is 9.78 Å². The van der Waals surface area contributed by atoms with Gasteiger partial charge in [-0.2, -0.15) is 0 Å². The average Bonchev–Trinajstić information content (AvgIpc) is 2.78. The van der Waals surface area contributed by atoms with Crippen molar-refractivity contribution in [2.75, 3.05) is 13.2 Å². The third-order valence-corrected chi connectivity index (χ3v) is 3.75. The zero-order valence-corrected chi connectivity index (χ0v) is 11.8. The quantitative estimate of drug-likeness (QED) is 0.797. The standard InChI is InChI=1S/C15H16N2O4/c1-8-3-4-10(13(18)19)5-11(8)12-9(2)16-14(17-12)15(20)6-21-7-15/h3-5,20H,6-7H2,1-2H3,(H,16,17)(H,18,19). The molecule has 1 aromatic heterocycles. The van der Waals surface area contributed by atoms with Gasteiger partial charge in [0.15, 0.2) is 5.60 Å². The Morgan fingerprint density at radius 2 is 2.10 bits per heavy atom. The number of aromatic carboxylic acids is 1. The summed E-state index contributed by atoms with van der Waals surface area (Å²) in [5.41, 5.74) is 2.27. The van der Waals surface area contributed by atoms with E-state index in [0.717, 1.165) is 16.8 Å². The first kappa shape index (κ1) is 13.8. The van der Waals surface area contributed by atoms with Gasteiger partial charge in [0.25, 0.3) is 0 Å². The molecule has 0 spiro atoms. The monoisotopic (exact) mass is 288 g/mol. The highest BCUT2D eigenvalue weighted by Gasteiger charge is 2.41. The second-order valence-electron chi connectivity index (χ2n) is 5.42. The Labute approximate surface area is 121 Å². The van der Waals surface area contributed by atoms with Crippen LogP contribution >= 0.6 is 0 Å². The molecule has 1 aromatic carbocycles. The van der Waals surface area contributed by atoms with Crippen LogP contribution in [0.4, 0.5) is 0 Å². The number of aromatic nitrogens is 2. The van der Waals surface area contributed by atoms with Crippen LogP contribution < -0.4 is 0 Å². The summed E-state index contributed by atoms with van der Waals surface area (Å²) < 4.78 is 5.03. The molecule has 1 aliphatic rings. The van der Waals surface area contributed by atoms with Gasteiger partial charge in [-0.1, -0.05) is 6.07 Å². The number of nitrogens with zero attached hydrogens (tertiary/aromatic N) is 1. The SMILES string of the molecule is Cc1ccc(C(=O)O)cc1-c1nc(C2(O)COC2)[nH]c1C. The zero-order valence-electron chi connectivity index (χ0n) is 11.8. The number of carboxylic acids is 1. The number of ether oxygens (including phenoxy) is 1. The molecule has 2 aromatic rings. The lowest BCUT2D eigenvalue weighted by molar-refractivity contribution is -0.188. The number of aromatic amines is 1. The molecular formula is C15H16N2O4. The maximum atomic E-state index is 11.1. The lowest BCUT2D eigenvalue weighted by atomic mass is 10.0. The molecular weight excluding hydrogens is 272 g/mol. The first-order chi connectivity index (χ1) is 9.90. The van der Waals surface area contributed by atoms with E-state index >= 15 is 0 Å². The fourth-order valence-electron chi connectivity index (χ4n) is 2.39. The molecule has 6 heteroatoms. The van der Waals surface area contributed by atoms with Gasteiger partial charge in [-0.05, 0) is 31.5 Å². The normalized spacial score (nSPS) is 16.5. The first-order valence-electron chi connectivity index (χ1n) is 6.62. The summed E-state index contributed by atoms with van der Waals surface area (Å²) in [4.78, 5) is 18.6. The number of aryl methyl sites for hydroxylation is 2. The zero-order chi connectivity index (χ0) is 15.2. The molecule has 0 saturated carbocycles. The van der Waals surface area contributed by atoms with Gasteiger partial charge >= 0.3 is 5.97 Å². The fraction of sp³-hybridized carbons (Fsp3) is 0.333. The molecule has 1 saturated heterocycles. The van der Waals surface area contributed by atoms with Crippen LogP contribution in [0.3, 0.4) is 0 Å². The Morgan fingerprint density at radius 1 is 1.38 bits per heavy atom. The third kappa shape index (κ3) is 2.22. The van der Waals surface area contributed by atoms with E-state index in [-0.39, 0.29) is 18.8 Å². The lowest BCUT2D eigenvalue weighted by Crippen LogP contribution is -2.47. The van der Waals surface area contributed by atoms with E-state index in [1.165, 1.54) is 0 Å². The Bertz CT molecular complexity index is 716. The van der Waals surface area contributed by atoms with Crippen LogP contribution in [0.1, 0.15) is 27.4 Å². The maximum absolute atomic E-state index is 11.1. The third-order valence-electron chi connectivity index (χ3n) is 3.75. The summed E-state index contributed by atoms with van der Waals surface area (Å²) in [6.45, 7) is 4.18. The molecule has 0 amide bonds. The summed E-state index contributed by atoms with van der Waals surface area (Å²) in [5, 5.41) is 19.4. The summed E-state index contributed by atoms with van der Waals surface area (Å²) in [6, 6.07) is 4.93. The number of hydrogen-bond acceptors (Lipinski definition) is 4. The van der Waals surface area contributed by atoms with Crippen molar-refractivity contribution in [2.24, 2.45) is 0 Å². The predicted octanol–water partition coefficient (Wildman–Crippen LogP) is 1.61. The van der Waals surface area contributed by atoms with Crippen molar-refractivity contribution in [1.29, 1.82) is 0 Å². The number of hydrogen-bond donors (Lipinski definition) is 3. The topological polar surface area (TPSA) is 95.4 Å². The molecule has 1 fully saturated rings. The van der Waals surface area contributed by atoms with Gasteiger partial charge in [-0.15, -0.1) is 0 Å². The highest BCUT2D eigenvalue weighted by molar-refractivity contribution is 5.89. The minimum atomic E-state index is -1.07. The molecule has 6 nitrogen and oxygen atoms in total. The van der Waals surface area contributed by atoms with Crippen LogP contribution in [0.2, 0.25) is 0 Å². The second-order valence-corrected chi connectivity index (χ2v) is 5.42. The number of benzene rings is 1. The number of imidazole rings is 1. The molecule has 21 heavy (non-hydrogen) atoms. The lowest BCUT2D eigenvalue weighted by Gasteiger charge is -2.34. The number of aliphatic hydroxyl groups is 1. The average molecular weight is 288 g/mol. The minimum Gasteiger partial charge on any atom is -0.478 e. The minimum absolute atomic E-state index is 0.213. The van der Waals surface area contributed by atoms with Gasteiger partial charge in [-0.3, -0.25) is 0 Å². The molecule has 3 N–H and O–H groups in total.